The van der Waals surface area contributed by atoms with Crippen LogP contribution in [-0.4, -0.2) is 18.7 Å². The molecule has 122 valence electrons. The molecule has 0 amide bonds. The van der Waals surface area contributed by atoms with Gasteiger partial charge in [-0.3, -0.25) is 4.79 Å². The first-order valence-corrected chi connectivity index (χ1v) is 8.98. The maximum atomic E-state index is 11.8. The Morgan fingerprint density at radius 2 is 1.95 bits per heavy atom. The molecule has 0 spiro atoms. The molecule has 0 aliphatic heterocycles. The quantitative estimate of drug-likeness (QED) is 0.683. The molecule has 22 heavy (non-hydrogen) atoms. The Labute approximate surface area is 133 Å². The lowest BCUT2D eigenvalue weighted by molar-refractivity contribution is -0.144. The van der Waals surface area contributed by atoms with Crippen LogP contribution in [-0.2, 0) is 14.3 Å². The van der Waals surface area contributed by atoms with Crippen molar-refractivity contribution in [2.75, 3.05) is 6.61 Å². The van der Waals surface area contributed by atoms with E-state index in [1.165, 1.54) is 44.9 Å². The van der Waals surface area contributed by atoms with Crippen LogP contribution in [0.3, 0.4) is 0 Å². The molecular formula is C19H28O3. The number of rotatable bonds is 6. The van der Waals surface area contributed by atoms with Gasteiger partial charge in [-0.2, -0.15) is 0 Å². The molecule has 2 unspecified atom stereocenters. The van der Waals surface area contributed by atoms with E-state index in [-0.39, 0.29) is 11.9 Å². The molecule has 3 rings (SSSR count). The van der Waals surface area contributed by atoms with Gasteiger partial charge < -0.3 is 9.47 Å². The van der Waals surface area contributed by atoms with E-state index < -0.39 is 0 Å². The minimum Gasteiger partial charge on any atom is -0.491 e. The molecule has 0 aromatic rings. The summed E-state index contributed by atoms with van der Waals surface area (Å²) in [5, 5.41) is 0. The third kappa shape index (κ3) is 3.74. The second-order valence-electron chi connectivity index (χ2n) is 6.89. The highest BCUT2D eigenvalue weighted by molar-refractivity contribution is 5.70. The van der Waals surface area contributed by atoms with Gasteiger partial charge >= 0.3 is 5.97 Å². The Hall–Kier alpha value is -1.25. The minimum atomic E-state index is -0.0740. The SMILES string of the molecule is CCOC(=O)CC1C=CC(OC2CCCC2)=CC1C1CCC1. The van der Waals surface area contributed by atoms with E-state index in [4.69, 9.17) is 9.47 Å². The maximum Gasteiger partial charge on any atom is 0.306 e. The predicted octanol–water partition coefficient (Wildman–Crippen LogP) is 4.39. The summed E-state index contributed by atoms with van der Waals surface area (Å²) in [5.41, 5.74) is 0. The number of carbonyl (C=O) groups is 1. The van der Waals surface area contributed by atoms with Crippen LogP contribution in [0, 0.1) is 17.8 Å². The summed E-state index contributed by atoms with van der Waals surface area (Å²) < 4.78 is 11.3. The van der Waals surface area contributed by atoms with Gasteiger partial charge in [0, 0.05) is 0 Å². The molecule has 0 bridgehead atoms. The first kappa shape index (κ1) is 15.6. The Kier molecular flexibility index (Phi) is 5.22. The van der Waals surface area contributed by atoms with Crippen molar-refractivity contribution < 1.29 is 14.3 Å². The van der Waals surface area contributed by atoms with Gasteiger partial charge in [0.2, 0.25) is 0 Å². The Morgan fingerprint density at radius 3 is 2.59 bits per heavy atom. The third-order valence-electron chi connectivity index (χ3n) is 5.37. The molecule has 3 nitrogen and oxygen atoms in total. The van der Waals surface area contributed by atoms with Gasteiger partial charge in [0.15, 0.2) is 0 Å². The Morgan fingerprint density at radius 1 is 1.18 bits per heavy atom. The monoisotopic (exact) mass is 304 g/mol. The second-order valence-corrected chi connectivity index (χ2v) is 6.89. The van der Waals surface area contributed by atoms with Gasteiger partial charge in [0.25, 0.3) is 0 Å². The highest BCUT2D eigenvalue weighted by Gasteiger charge is 2.34. The summed E-state index contributed by atoms with van der Waals surface area (Å²) in [7, 11) is 0. The van der Waals surface area contributed by atoms with E-state index in [0.29, 0.717) is 31.0 Å². The normalized spacial score (nSPS) is 29.0. The van der Waals surface area contributed by atoms with Crippen molar-refractivity contribution >= 4 is 5.97 Å². The number of ether oxygens (including phenoxy) is 2. The van der Waals surface area contributed by atoms with E-state index in [1.807, 2.05) is 6.92 Å². The van der Waals surface area contributed by atoms with Crippen molar-refractivity contribution in [3.8, 4) is 0 Å². The lowest BCUT2D eigenvalue weighted by atomic mass is 9.68. The van der Waals surface area contributed by atoms with Crippen LogP contribution in [0.1, 0.15) is 58.3 Å². The highest BCUT2D eigenvalue weighted by atomic mass is 16.5. The van der Waals surface area contributed by atoms with Crippen molar-refractivity contribution in [3.63, 3.8) is 0 Å². The summed E-state index contributed by atoms with van der Waals surface area (Å²) in [5.74, 6) is 2.39. The molecule has 0 aromatic heterocycles. The molecule has 0 radical (unpaired) electrons. The lowest BCUT2D eigenvalue weighted by Crippen LogP contribution is -2.30. The average Bonchev–Trinajstić information content (AvgIpc) is 2.93. The minimum absolute atomic E-state index is 0.0740. The molecule has 2 atom stereocenters. The van der Waals surface area contributed by atoms with Crippen molar-refractivity contribution in [3.05, 3.63) is 24.0 Å². The van der Waals surface area contributed by atoms with Crippen molar-refractivity contribution in [1.82, 2.24) is 0 Å². The summed E-state index contributed by atoms with van der Waals surface area (Å²) in [6.45, 7) is 2.33. The first-order chi connectivity index (χ1) is 10.8. The van der Waals surface area contributed by atoms with Crippen molar-refractivity contribution in [1.29, 1.82) is 0 Å². The standard InChI is InChI=1S/C19H28O3/c1-2-21-19(20)12-15-10-11-17(22-16-8-3-4-9-16)13-18(15)14-6-5-7-14/h10-11,13-16,18H,2-9,12H2,1H3. The van der Waals surface area contributed by atoms with E-state index in [2.05, 4.69) is 18.2 Å². The molecule has 0 N–H and O–H groups in total. The number of esters is 1. The first-order valence-electron chi connectivity index (χ1n) is 8.98. The van der Waals surface area contributed by atoms with Crippen LogP contribution in [0.4, 0.5) is 0 Å². The second kappa shape index (κ2) is 7.34. The fourth-order valence-electron chi connectivity index (χ4n) is 3.92. The van der Waals surface area contributed by atoms with E-state index in [0.717, 1.165) is 5.76 Å². The zero-order valence-corrected chi connectivity index (χ0v) is 13.6. The predicted molar refractivity (Wildman–Crippen MR) is 86.1 cm³/mol. The maximum absolute atomic E-state index is 11.8. The molecule has 2 saturated carbocycles. The zero-order valence-electron chi connectivity index (χ0n) is 13.6. The Balaban J connectivity index is 1.63. The molecular weight excluding hydrogens is 276 g/mol. The van der Waals surface area contributed by atoms with Gasteiger partial charge in [-0.05, 0) is 75.4 Å². The average molecular weight is 304 g/mol. The van der Waals surface area contributed by atoms with Crippen LogP contribution >= 0.6 is 0 Å². The number of hydrogen-bond donors (Lipinski definition) is 0. The van der Waals surface area contributed by atoms with E-state index in [9.17, 15) is 4.79 Å². The fourth-order valence-corrected chi connectivity index (χ4v) is 3.92. The van der Waals surface area contributed by atoms with Gasteiger partial charge in [0.05, 0.1) is 19.1 Å². The van der Waals surface area contributed by atoms with Crippen molar-refractivity contribution in [2.45, 2.75) is 64.4 Å². The van der Waals surface area contributed by atoms with Crippen LogP contribution in [0.5, 0.6) is 0 Å². The molecule has 0 saturated heterocycles. The van der Waals surface area contributed by atoms with Gasteiger partial charge in [0.1, 0.15) is 5.76 Å². The summed E-state index contributed by atoms with van der Waals surface area (Å²) >= 11 is 0. The molecule has 3 aliphatic carbocycles. The summed E-state index contributed by atoms with van der Waals surface area (Å²) in [6.07, 6.45) is 16.3. The van der Waals surface area contributed by atoms with Crippen LogP contribution in [0.25, 0.3) is 0 Å². The van der Waals surface area contributed by atoms with E-state index >= 15 is 0 Å². The van der Waals surface area contributed by atoms with Gasteiger partial charge in [-0.25, -0.2) is 0 Å². The smallest absolute Gasteiger partial charge is 0.306 e. The van der Waals surface area contributed by atoms with Gasteiger partial charge in [-0.15, -0.1) is 0 Å². The molecule has 3 aliphatic rings. The number of carbonyl (C=O) groups excluding carboxylic acids is 1. The third-order valence-corrected chi connectivity index (χ3v) is 5.37. The molecule has 2 fully saturated rings. The van der Waals surface area contributed by atoms with Gasteiger partial charge in [-0.1, -0.05) is 12.5 Å². The van der Waals surface area contributed by atoms with E-state index in [1.54, 1.807) is 0 Å². The summed E-state index contributed by atoms with van der Waals surface area (Å²) in [6, 6.07) is 0. The van der Waals surface area contributed by atoms with Crippen LogP contribution in [0.15, 0.2) is 24.0 Å². The zero-order chi connectivity index (χ0) is 15.4. The van der Waals surface area contributed by atoms with Crippen LogP contribution in [0.2, 0.25) is 0 Å². The molecule has 0 heterocycles. The lowest BCUT2D eigenvalue weighted by Gasteiger charge is -2.37. The topological polar surface area (TPSA) is 35.5 Å². The molecule has 0 aromatic carbocycles. The molecule has 3 heteroatoms. The van der Waals surface area contributed by atoms with Crippen molar-refractivity contribution in [2.24, 2.45) is 17.8 Å². The van der Waals surface area contributed by atoms with Crippen LogP contribution < -0.4 is 0 Å². The number of hydrogen-bond acceptors (Lipinski definition) is 3. The largest absolute Gasteiger partial charge is 0.491 e. The highest BCUT2D eigenvalue weighted by Crippen LogP contribution is 2.42. The fraction of sp³-hybridized carbons (Fsp3) is 0.737. The summed E-state index contributed by atoms with van der Waals surface area (Å²) in [4.78, 5) is 11.8. The number of allylic oxidation sites excluding steroid dienone is 3. The Bertz CT molecular complexity index is 442.